The van der Waals surface area contributed by atoms with Crippen molar-refractivity contribution >= 4 is 6.09 Å². The van der Waals surface area contributed by atoms with Gasteiger partial charge in [-0.1, -0.05) is 24.3 Å². The summed E-state index contributed by atoms with van der Waals surface area (Å²) in [4.78, 5) is 16.0. The predicted molar refractivity (Wildman–Crippen MR) is 83.3 cm³/mol. The molecule has 0 radical (unpaired) electrons. The van der Waals surface area contributed by atoms with Crippen LogP contribution < -0.4 is 0 Å². The largest absolute Gasteiger partial charge is 0.444 e. The smallest absolute Gasteiger partial charge is 0.410 e. The number of benzene rings is 1. The molecule has 1 aromatic carbocycles. The maximum absolute atomic E-state index is 12.2. The first kappa shape index (κ1) is 15.3. The van der Waals surface area contributed by atoms with E-state index in [2.05, 4.69) is 17.0 Å². The zero-order valence-corrected chi connectivity index (χ0v) is 13.5. The number of aliphatic hydroxyl groups excluding tert-OH is 1. The lowest BCUT2D eigenvalue weighted by atomic mass is 10.1. The molecular formula is C17H24N2O3. The number of carbonyl (C=O) groups excluding carboxylic acids is 1. The fourth-order valence-corrected chi connectivity index (χ4v) is 3.20. The van der Waals surface area contributed by atoms with Crippen LogP contribution in [0, 0.1) is 0 Å². The molecule has 0 unspecified atom stereocenters. The van der Waals surface area contributed by atoms with Crippen LogP contribution in [0.25, 0.3) is 0 Å². The molecule has 1 aromatic rings. The number of fused-ring (bicyclic) bond motifs is 1. The van der Waals surface area contributed by atoms with Gasteiger partial charge in [0.2, 0.25) is 0 Å². The Labute approximate surface area is 131 Å². The van der Waals surface area contributed by atoms with E-state index in [4.69, 9.17) is 4.74 Å². The van der Waals surface area contributed by atoms with Crippen LogP contribution >= 0.6 is 0 Å². The first-order chi connectivity index (χ1) is 10.3. The highest BCUT2D eigenvalue weighted by atomic mass is 16.6. The summed E-state index contributed by atoms with van der Waals surface area (Å²) in [5, 5.41) is 10.4. The summed E-state index contributed by atoms with van der Waals surface area (Å²) in [6, 6.07) is 8.31. The van der Waals surface area contributed by atoms with Gasteiger partial charge in [0, 0.05) is 19.6 Å². The Bertz CT molecular complexity index is 542. The third kappa shape index (κ3) is 3.10. The Morgan fingerprint density at radius 1 is 1.18 bits per heavy atom. The Balaban J connectivity index is 1.64. The lowest BCUT2D eigenvalue weighted by molar-refractivity contribution is 0.0269. The Hall–Kier alpha value is -1.59. The molecule has 5 nitrogen and oxygen atoms in total. The van der Waals surface area contributed by atoms with Gasteiger partial charge in [-0.15, -0.1) is 0 Å². The number of aliphatic hydroxyl groups is 1. The fraction of sp³-hybridized carbons (Fsp3) is 0.588. The zero-order chi connectivity index (χ0) is 15.9. The van der Waals surface area contributed by atoms with Crippen LogP contribution in [0.3, 0.4) is 0 Å². The van der Waals surface area contributed by atoms with E-state index in [9.17, 15) is 9.90 Å². The highest BCUT2D eigenvalue weighted by Crippen LogP contribution is 2.28. The van der Waals surface area contributed by atoms with Gasteiger partial charge in [-0.25, -0.2) is 4.79 Å². The summed E-state index contributed by atoms with van der Waals surface area (Å²) < 4.78 is 5.40. The second-order valence-corrected chi connectivity index (χ2v) is 7.19. The topological polar surface area (TPSA) is 53.0 Å². The number of ether oxygens (including phenoxy) is 1. The number of likely N-dealkylation sites (tertiary alicyclic amines) is 1. The van der Waals surface area contributed by atoms with Crippen LogP contribution in [0.4, 0.5) is 4.79 Å². The van der Waals surface area contributed by atoms with Gasteiger partial charge in [0.05, 0.1) is 18.7 Å². The normalized spacial score (nSPS) is 25.4. The highest BCUT2D eigenvalue weighted by molar-refractivity contribution is 5.68. The van der Waals surface area contributed by atoms with Crippen molar-refractivity contribution in [2.75, 3.05) is 13.1 Å². The molecule has 1 fully saturated rings. The first-order valence-corrected chi connectivity index (χ1v) is 7.80. The van der Waals surface area contributed by atoms with Crippen LogP contribution in [-0.2, 0) is 17.8 Å². The SMILES string of the molecule is CC(C)(C)OC(=O)N1C[C@H](O)[C@@H](N2Cc3ccccc3C2)C1. The molecule has 0 bridgehead atoms. The molecular weight excluding hydrogens is 280 g/mol. The van der Waals surface area contributed by atoms with Crippen molar-refractivity contribution in [3.63, 3.8) is 0 Å². The Morgan fingerprint density at radius 2 is 1.77 bits per heavy atom. The number of β-amino-alcohol motifs (C(OH)–C–C–N with tert-alkyl or cyclic N) is 1. The Morgan fingerprint density at radius 3 is 2.32 bits per heavy atom. The van der Waals surface area contributed by atoms with Crippen LogP contribution in [0.1, 0.15) is 31.9 Å². The molecule has 0 aromatic heterocycles. The minimum absolute atomic E-state index is 0.0279. The van der Waals surface area contributed by atoms with Gasteiger partial charge in [-0.05, 0) is 31.9 Å². The average molecular weight is 304 g/mol. The molecule has 0 saturated carbocycles. The number of rotatable bonds is 1. The van der Waals surface area contributed by atoms with Crippen molar-refractivity contribution in [1.29, 1.82) is 0 Å². The number of hydrogen-bond acceptors (Lipinski definition) is 4. The van der Waals surface area contributed by atoms with Gasteiger partial charge in [-0.2, -0.15) is 0 Å². The van der Waals surface area contributed by atoms with Gasteiger partial charge in [0.25, 0.3) is 0 Å². The average Bonchev–Trinajstić information content (AvgIpc) is 2.99. The maximum Gasteiger partial charge on any atom is 0.410 e. The summed E-state index contributed by atoms with van der Waals surface area (Å²) in [5.74, 6) is 0. The molecule has 0 spiro atoms. The summed E-state index contributed by atoms with van der Waals surface area (Å²) in [6.45, 7) is 8.08. The van der Waals surface area contributed by atoms with Crippen molar-refractivity contribution < 1.29 is 14.6 Å². The van der Waals surface area contributed by atoms with Gasteiger partial charge < -0.3 is 14.7 Å². The van der Waals surface area contributed by atoms with E-state index in [1.165, 1.54) is 11.1 Å². The molecule has 2 aliphatic heterocycles. The number of nitrogens with zero attached hydrogens (tertiary/aromatic N) is 2. The van der Waals surface area contributed by atoms with Gasteiger partial charge in [-0.3, -0.25) is 4.90 Å². The van der Waals surface area contributed by atoms with E-state index >= 15 is 0 Å². The standard InChI is InChI=1S/C17H24N2O3/c1-17(2,3)22-16(21)19-10-14(15(20)11-19)18-8-12-6-4-5-7-13(12)9-18/h4-7,14-15,20H,8-11H2,1-3H3/t14-,15-/m0/s1. The zero-order valence-electron chi connectivity index (χ0n) is 13.5. The fourth-order valence-electron chi connectivity index (χ4n) is 3.20. The minimum Gasteiger partial charge on any atom is -0.444 e. The van der Waals surface area contributed by atoms with E-state index in [0.717, 1.165) is 13.1 Å². The van der Waals surface area contributed by atoms with Crippen LogP contribution in [0.5, 0.6) is 0 Å². The molecule has 3 rings (SSSR count). The van der Waals surface area contributed by atoms with Crippen LogP contribution in [0.2, 0.25) is 0 Å². The van der Waals surface area contributed by atoms with E-state index in [-0.39, 0.29) is 12.1 Å². The first-order valence-electron chi connectivity index (χ1n) is 7.80. The second-order valence-electron chi connectivity index (χ2n) is 7.19. The second kappa shape index (κ2) is 5.56. The third-order valence-electron chi connectivity index (χ3n) is 4.25. The molecule has 5 heteroatoms. The predicted octanol–water partition coefficient (Wildman–Crippen LogP) is 1.98. The summed E-state index contributed by atoms with van der Waals surface area (Å²) >= 11 is 0. The summed E-state index contributed by atoms with van der Waals surface area (Å²) in [7, 11) is 0. The molecule has 1 N–H and O–H groups in total. The Kier molecular flexibility index (Phi) is 3.87. The van der Waals surface area contributed by atoms with E-state index in [1.54, 1.807) is 4.90 Å². The molecule has 1 amide bonds. The molecule has 2 heterocycles. The third-order valence-corrected chi connectivity index (χ3v) is 4.25. The van der Waals surface area contributed by atoms with Crippen molar-refractivity contribution in [2.24, 2.45) is 0 Å². The summed E-state index contributed by atoms with van der Waals surface area (Å²) in [5.41, 5.74) is 2.11. The number of carbonyl (C=O) groups is 1. The van der Waals surface area contributed by atoms with E-state index in [0.29, 0.717) is 13.1 Å². The lowest BCUT2D eigenvalue weighted by Crippen LogP contribution is -2.40. The molecule has 2 aliphatic rings. The van der Waals surface area contributed by atoms with Crippen LogP contribution in [0.15, 0.2) is 24.3 Å². The van der Waals surface area contributed by atoms with Gasteiger partial charge in [0.1, 0.15) is 5.60 Å². The van der Waals surface area contributed by atoms with Gasteiger partial charge in [0.15, 0.2) is 0 Å². The maximum atomic E-state index is 12.2. The molecule has 0 aliphatic carbocycles. The number of amides is 1. The lowest BCUT2D eigenvalue weighted by Gasteiger charge is -2.26. The minimum atomic E-state index is -0.526. The van der Waals surface area contributed by atoms with Crippen molar-refractivity contribution in [1.82, 2.24) is 9.80 Å². The monoisotopic (exact) mass is 304 g/mol. The molecule has 22 heavy (non-hydrogen) atoms. The molecule has 120 valence electrons. The van der Waals surface area contributed by atoms with Crippen molar-refractivity contribution in [3.8, 4) is 0 Å². The summed E-state index contributed by atoms with van der Waals surface area (Å²) in [6.07, 6.45) is -0.868. The highest BCUT2D eigenvalue weighted by Gasteiger charge is 2.40. The quantitative estimate of drug-likeness (QED) is 0.862. The number of hydrogen-bond donors (Lipinski definition) is 1. The van der Waals surface area contributed by atoms with Crippen molar-refractivity contribution in [3.05, 3.63) is 35.4 Å². The van der Waals surface area contributed by atoms with Crippen molar-refractivity contribution in [2.45, 2.75) is 51.6 Å². The van der Waals surface area contributed by atoms with Crippen LogP contribution in [-0.4, -0.2) is 51.8 Å². The van der Waals surface area contributed by atoms with E-state index < -0.39 is 11.7 Å². The van der Waals surface area contributed by atoms with E-state index in [1.807, 2.05) is 32.9 Å². The molecule has 1 saturated heterocycles. The molecule has 2 atom stereocenters. The van der Waals surface area contributed by atoms with Gasteiger partial charge >= 0.3 is 6.09 Å².